The Bertz CT molecular complexity index is 370. The topological polar surface area (TPSA) is 12.0 Å². The molecule has 0 heterocycles. The summed E-state index contributed by atoms with van der Waals surface area (Å²) in [6.45, 7) is 2.38. The third-order valence-electron chi connectivity index (χ3n) is 2.16. The van der Waals surface area contributed by atoms with Crippen LogP contribution in [-0.4, -0.2) is 6.04 Å². The lowest BCUT2D eigenvalue weighted by Gasteiger charge is -2.11. The zero-order chi connectivity index (χ0) is 11.3. The number of hydrogen-bond donors (Lipinski definition) is 1. The molecule has 0 aromatic heterocycles. The Kier molecular flexibility index (Phi) is 4.61. The summed E-state index contributed by atoms with van der Waals surface area (Å²) in [5.41, 5.74) is 0.538. The largest absolute Gasteiger partial charge is 0.299 e. The molecule has 80 valence electrons. The zero-order valence-corrected chi connectivity index (χ0v) is 9.31. The summed E-state index contributed by atoms with van der Waals surface area (Å²) >= 11 is 5.77. The second-order valence-corrected chi connectivity index (χ2v) is 3.68. The average molecular weight is 226 g/mol. The predicted molar refractivity (Wildman–Crippen MR) is 61.2 cm³/mol. The average Bonchev–Trinajstić information content (AvgIpc) is 2.24. The van der Waals surface area contributed by atoms with Crippen molar-refractivity contribution in [3.05, 3.63) is 34.6 Å². The first-order valence-corrected chi connectivity index (χ1v) is 5.18. The summed E-state index contributed by atoms with van der Waals surface area (Å²) in [7, 11) is 0. The van der Waals surface area contributed by atoms with Crippen LogP contribution in [0.1, 0.15) is 18.9 Å². The Hall–Kier alpha value is -1.04. The van der Waals surface area contributed by atoms with E-state index >= 15 is 0 Å². The summed E-state index contributed by atoms with van der Waals surface area (Å²) in [5, 5.41) is 3.60. The molecule has 0 radical (unpaired) electrons. The van der Waals surface area contributed by atoms with Crippen molar-refractivity contribution in [2.75, 3.05) is 0 Å². The van der Waals surface area contributed by atoms with Gasteiger partial charge in [-0.15, -0.1) is 6.42 Å². The molecule has 0 bridgehead atoms. The van der Waals surface area contributed by atoms with Gasteiger partial charge in [-0.25, -0.2) is 4.39 Å². The van der Waals surface area contributed by atoms with Gasteiger partial charge in [-0.05, 0) is 24.6 Å². The van der Waals surface area contributed by atoms with Gasteiger partial charge in [0.05, 0.1) is 6.04 Å². The Labute approximate surface area is 94.6 Å². The van der Waals surface area contributed by atoms with E-state index in [1.54, 1.807) is 6.07 Å². The first kappa shape index (κ1) is 12.0. The van der Waals surface area contributed by atoms with E-state index in [2.05, 4.69) is 11.2 Å². The molecule has 0 saturated carbocycles. The van der Waals surface area contributed by atoms with Crippen LogP contribution < -0.4 is 5.32 Å². The van der Waals surface area contributed by atoms with Gasteiger partial charge in [0.1, 0.15) is 5.82 Å². The maximum absolute atomic E-state index is 13.3. The number of nitrogens with one attached hydrogen (secondary N) is 1. The molecule has 0 fully saturated rings. The van der Waals surface area contributed by atoms with Crippen LogP contribution in [0.15, 0.2) is 18.2 Å². The van der Waals surface area contributed by atoms with Crippen molar-refractivity contribution in [1.29, 1.82) is 0 Å². The second-order valence-electron chi connectivity index (χ2n) is 3.24. The van der Waals surface area contributed by atoms with Crippen LogP contribution >= 0.6 is 11.6 Å². The fourth-order valence-electron chi connectivity index (χ4n) is 1.23. The van der Waals surface area contributed by atoms with E-state index in [9.17, 15) is 4.39 Å². The molecule has 15 heavy (non-hydrogen) atoms. The number of benzene rings is 1. The van der Waals surface area contributed by atoms with Crippen molar-refractivity contribution in [1.82, 2.24) is 5.32 Å². The van der Waals surface area contributed by atoms with Crippen LogP contribution in [0.3, 0.4) is 0 Å². The van der Waals surface area contributed by atoms with E-state index in [0.29, 0.717) is 17.1 Å². The highest BCUT2D eigenvalue weighted by Crippen LogP contribution is 2.14. The van der Waals surface area contributed by atoms with Crippen LogP contribution in [-0.2, 0) is 6.54 Å². The molecule has 1 aromatic rings. The molecule has 1 aromatic carbocycles. The monoisotopic (exact) mass is 225 g/mol. The number of hydrogen-bond acceptors (Lipinski definition) is 1. The molecule has 1 rings (SSSR count). The van der Waals surface area contributed by atoms with Crippen molar-refractivity contribution in [3.8, 4) is 12.3 Å². The minimum absolute atomic E-state index is 0.0246. The Morgan fingerprint density at radius 3 is 2.93 bits per heavy atom. The van der Waals surface area contributed by atoms with Crippen LogP contribution in [0.25, 0.3) is 0 Å². The summed E-state index contributed by atoms with van der Waals surface area (Å²) in [6, 6.07) is 4.46. The molecule has 0 spiro atoms. The van der Waals surface area contributed by atoms with E-state index in [-0.39, 0.29) is 11.9 Å². The molecule has 0 aliphatic carbocycles. The molecular formula is C12H13ClFN. The maximum Gasteiger partial charge on any atom is 0.127 e. The van der Waals surface area contributed by atoms with Gasteiger partial charge >= 0.3 is 0 Å². The molecule has 0 aliphatic heterocycles. The Balaban J connectivity index is 2.65. The summed E-state index contributed by atoms with van der Waals surface area (Å²) in [5.74, 6) is 2.32. The smallest absolute Gasteiger partial charge is 0.127 e. The Morgan fingerprint density at radius 1 is 1.60 bits per heavy atom. The van der Waals surface area contributed by atoms with E-state index in [0.717, 1.165) is 6.42 Å². The second kappa shape index (κ2) is 5.75. The maximum atomic E-state index is 13.3. The molecule has 0 saturated heterocycles. The summed E-state index contributed by atoms with van der Waals surface area (Å²) in [6.07, 6.45) is 6.10. The first-order chi connectivity index (χ1) is 7.17. The van der Waals surface area contributed by atoms with E-state index < -0.39 is 0 Å². The lowest BCUT2D eigenvalue weighted by atomic mass is 10.2. The number of rotatable bonds is 4. The minimum atomic E-state index is -0.265. The van der Waals surface area contributed by atoms with Crippen molar-refractivity contribution < 1.29 is 4.39 Å². The number of terminal acetylenes is 1. The van der Waals surface area contributed by atoms with Gasteiger partial charge in [0, 0.05) is 17.1 Å². The molecular weight excluding hydrogens is 213 g/mol. The Morgan fingerprint density at radius 2 is 2.33 bits per heavy atom. The number of halogens is 2. The lowest BCUT2D eigenvalue weighted by molar-refractivity contribution is 0.556. The third-order valence-corrected chi connectivity index (χ3v) is 2.39. The van der Waals surface area contributed by atoms with Gasteiger partial charge in [0.15, 0.2) is 0 Å². The van der Waals surface area contributed by atoms with Gasteiger partial charge in [-0.2, -0.15) is 0 Å². The van der Waals surface area contributed by atoms with Crippen molar-refractivity contribution >= 4 is 11.6 Å². The quantitative estimate of drug-likeness (QED) is 0.777. The fourth-order valence-corrected chi connectivity index (χ4v) is 1.43. The molecule has 1 unspecified atom stereocenters. The fraction of sp³-hybridized carbons (Fsp3) is 0.333. The highest BCUT2D eigenvalue weighted by atomic mass is 35.5. The van der Waals surface area contributed by atoms with E-state index in [1.165, 1.54) is 12.1 Å². The first-order valence-electron chi connectivity index (χ1n) is 4.80. The molecule has 1 atom stereocenters. The molecule has 3 heteroatoms. The molecule has 1 nitrogen and oxygen atoms in total. The lowest BCUT2D eigenvalue weighted by Crippen LogP contribution is -2.26. The molecule has 0 aliphatic rings. The van der Waals surface area contributed by atoms with Crippen LogP contribution in [0.5, 0.6) is 0 Å². The van der Waals surface area contributed by atoms with E-state index in [1.807, 2.05) is 6.92 Å². The van der Waals surface area contributed by atoms with Gasteiger partial charge in [0.25, 0.3) is 0 Å². The normalized spacial score (nSPS) is 12.1. The van der Waals surface area contributed by atoms with Crippen LogP contribution in [0.2, 0.25) is 5.02 Å². The van der Waals surface area contributed by atoms with E-state index in [4.69, 9.17) is 18.0 Å². The van der Waals surface area contributed by atoms with Gasteiger partial charge in [-0.3, -0.25) is 5.32 Å². The van der Waals surface area contributed by atoms with Crippen molar-refractivity contribution in [2.24, 2.45) is 0 Å². The van der Waals surface area contributed by atoms with Gasteiger partial charge < -0.3 is 0 Å². The van der Waals surface area contributed by atoms with Crippen molar-refractivity contribution in [3.63, 3.8) is 0 Å². The SMILES string of the molecule is C#CC(CC)NCc1cc(Cl)ccc1F. The molecule has 0 amide bonds. The molecule has 1 N–H and O–H groups in total. The highest BCUT2D eigenvalue weighted by Gasteiger charge is 2.05. The van der Waals surface area contributed by atoms with Gasteiger partial charge in [0.2, 0.25) is 0 Å². The third kappa shape index (κ3) is 3.54. The minimum Gasteiger partial charge on any atom is -0.299 e. The van der Waals surface area contributed by atoms with Crippen LogP contribution in [0.4, 0.5) is 4.39 Å². The standard InChI is InChI=1S/C12H13ClFN/c1-3-11(4-2)15-8-9-7-10(13)5-6-12(9)14/h1,5-7,11,15H,4,8H2,2H3. The van der Waals surface area contributed by atoms with Crippen LogP contribution in [0, 0.1) is 18.2 Å². The highest BCUT2D eigenvalue weighted by molar-refractivity contribution is 6.30. The predicted octanol–water partition coefficient (Wildman–Crippen LogP) is 2.98. The summed E-state index contributed by atoms with van der Waals surface area (Å²) in [4.78, 5) is 0. The van der Waals surface area contributed by atoms with Gasteiger partial charge in [-0.1, -0.05) is 24.4 Å². The zero-order valence-electron chi connectivity index (χ0n) is 8.56. The summed E-state index contributed by atoms with van der Waals surface area (Å²) < 4.78 is 13.3. The van der Waals surface area contributed by atoms with Crippen molar-refractivity contribution in [2.45, 2.75) is 25.9 Å².